The van der Waals surface area contributed by atoms with Gasteiger partial charge in [0.15, 0.2) is 0 Å². The van der Waals surface area contributed by atoms with E-state index in [1.165, 1.54) is 10.0 Å². The molecule has 0 fully saturated rings. The molecule has 1 aromatic heterocycles. The number of rotatable bonds is 3. The SMILES string of the molecule is CC(C)(C)C(Cl)CCc1cscc1Br. The Labute approximate surface area is 104 Å². The Morgan fingerprint density at radius 3 is 2.50 bits per heavy atom. The van der Waals surface area contributed by atoms with Crippen LogP contribution in [0.5, 0.6) is 0 Å². The first-order valence-corrected chi connectivity index (χ1v) is 6.93. The molecule has 0 aliphatic heterocycles. The van der Waals surface area contributed by atoms with Crippen LogP contribution in [0.25, 0.3) is 0 Å². The minimum absolute atomic E-state index is 0.198. The number of hydrogen-bond acceptors (Lipinski definition) is 1. The highest BCUT2D eigenvalue weighted by molar-refractivity contribution is 9.10. The van der Waals surface area contributed by atoms with Gasteiger partial charge in [-0.25, -0.2) is 0 Å². The van der Waals surface area contributed by atoms with Crippen molar-refractivity contribution in [3.63, 3.8) is 0 Å². The van der Waals surface area contributed by atoms with E-state index in [0.29, 0.717) is 0 Å². The summed E-state index contributed by atoms with van der Waals surface area (Å²) in [6, 6.07) is 0. The Hall–Kier alpha value is 0.470. The highest BCUT2D eigenvalue weighted by Crippen LogP contribution is 2.30. The number of hydrogen-bond donors (Lipinski definition) is 0. The zero-order valence-corrected chi connectivity index (χ0v) is 12.0. The number of halogens is 2. The van der Waals surface area contributed by atoms with E-state index in [0.717, 1.165) is 12.8 Å². The molecule has 0 saturated heterocycles. The summed E-state index contributed by atoms with van der Waals surface area (Å²) in [5, 5.41) is 4.56. The second-order valence-corrected chi connectivity index (χ2v) is 6.74. The van der Waals surface area contributed by atoms with E-state index in [-0.39, 0.29) is 10.8 Å². The summed E-state index contributed by atoms with van der Waals surface area (Å²) in [4.78, 5) is 0. The van der Waals surface area contributed by atoms with Crippen molar-refractivity contribution in [1.29, 1.82) is 0 Å². The smallest absolute Gasteiger partial charge is 0.0387 e. The van der Waals surface area contributed by atoms with Gasteiger partial charge in [0.2, 0.25) is 0 Å². The van der Waals surface area contributed by atoms with E-state index >= 15 is 0 Å². The van der Waals surface area contributed by atoms with Crippen molar-refractivity contribution in [3.8, 4) is 0 Å². The summed E-state index contributed by atoms with van der Waals surface area (Å²) in [5.41, 5.74) is 1.58. The van der Waals surface area contributed by atoms with Crippen molar-refractivity contribution in [2.75, 3.05) is 0 Å². The summed E-state index contributed by atoms with van der Waals surface area (Å²) in [6.07, 6.45) is 2.11. The van der Waals surface area contributed by atoms with Crippen LogP contribution in [0.1, 0.15) is 32.8 Å². The highest BCUT2D eigenvalue weighted by atomic mass is 79.9. The molecule has 1 aromatic rings. The average molecular weight is 296 g/mol. The van der Waals surface area contributed by atoms with Gasteiger partial charge in [-0.3, -0.25) is 0 Å². The fourth-order valence-electron chi connectivity index (χ4n) is 1.20. The molecular formula is C11H16BrClS. The minimum Gasteiger partial charge on any atom is -0.151 e. The molecule has 1 rings (SSSR count). The van der Waals surface area contributed by atoms with Gasteiger partial charge in [0.25, 0.3) is 0 Å². The van der Waals surface area contributed by atoms with Crippen LogP contribution in [0.3, 0.4) is 0 Å². The molecule has 1 heterocycles. The van der Waals surface area contributed by atoms with Gasteiger partial charge in [0.05, 0.1) is 0 Å². The molecule has 1 unspecified atom stereocenters. The average Bonchev–Trinajstić information content (AvgIpc) is 2.45. The molecule has 0 aliphatic rings. The third kappa shape index (κ3) is 3.56. The Kier molecular flexibility index (Phi) is 4.48. The lowest BCUT2D eigenvalue weighted by atomic mass is 9.88. The van der Waals surface area contributed by atoms with Crippen LogP contribution in [-0.4, -0.2) is 5.38 Å². The normalized spacial score (nSPS) is 14.4. The molecule has 3 heteroatoms. The Morgan fingerprint density at radius 2 is 2.07 bits per heavy atom. The van der Waals surface area contributed by atoms with Crippen LogP contribution < -0.4 is 0 Å². The predicted molar refractivity (Wildman–Crippen MR) is 69.4 cm³/mol. The monoisotopic (exact) mass is 294 g/mol. The summed E-state index contributed by atoms with van der Waals surface area (Å²) >= 11 is 11.6. The second kappa shape index (κ2) is 5.00. The molecule has 0 radical (unpaired) electrons. The van der Waals surface area contributed by atoms with Gasteiger partial charge in [0, 0.05) is 15.2 Å². The van der Waals surface area contributed by atoms with Crippen molar-refractivity contribution >= 4 is 38.9 Å². The fourth-order valence-corrected chi connectivity index (χ4v) is 2.85. The van der Waals surface area contributed by atoms with E-state index in [4.69, 9.17) is 11.6 Å². The van der Waals surface area contributed by atoms with E-state index in [2.05, 4.69) is 47.5 Å². The van der Waals surface area contributed by atoms with Crippen LogP contribution >= 0.6 is 38.9 Å². The van der Waals surface area contributed by atoms with Crippen LogP contribution in [0, 0.1) is 5.41 Å². The molecule has 0 amide bonds. The van der Waals surface area contributed by atoms with Crippen molar-refractivity contribution < 1.29 is 0 Å². The fraction of sp³-hybridized carbons (Fsp3) is 0.636. The van der Waals surface area contributed by atoms with Crippen LogP contribution in [-0.2, 0) is 6.42 Å². The number of thiophene rings is 1. The van der Waals surface area contributed by atoms with E-state index < -0.39 is 0 Å². The number of alkyl halides is 1. The molecule has 0 bridgehead atoms. The first kappa shape index (κ1) is 12.5. The lowest BCUT2D eigenvalue weighted by Crippen LogP contribution is -2.21. The quantitative estimate of drug-likeness (QED) is 0.681. The molecule has 0 saturated carbocycles. The molecule has 0 N–H and O–H groups in total. The molecule has 0 aromatic carbocycles. The maximum Gasteiger partial charge on any atom is 0.0387 e. The largest absolute Gasteiger partial charge is 0.151 e. The number of aryl methyl sites for hydroxylation is 1. The zero-order chi connectivity index (χ0) is 10.8. The maximum absolute atomic E-state index is 6.31. The highest BCUT2D eigenvalue weighted by Gasteiger charge is 2.21. The summed E-state index contributed by atoms with van der Waals surface area (Å²) in [5.74, 6) is 0. The molecule has 1 atom stereocenters. The predicted octanol–water partition coefficient (Wildman–Crippen LogP) is 5.10. The van der Waals surface area contributed by atoms with Crippen LogP contribution in [0.2, 0.25) is 0 Å². The Bertz CT molecular complexity index is 288. The van der Waals surface area contributed by atoms with Crippen molar-refractivity contribution in [2.24, 2.45) is 5.41 Å². The van der Waals surface area contributed by atoms with E-state index in [1.54, 1.807) is 11.3 Å². The van der Waals surface area contributed by atoms with Crippen LogP contribution in [0.15, 0.2) is 15.2 Å². The Balaban J connectivity index is 2.46. The third-order valence-electron chi connectivity index (χ3n) is 2.30. The van der Waals surface area contributed by atoms with E-state index in [1.807, 2.05) is 0 Å². The minimum atomic E-state index is 0.198. The molecule has 14 heavy (non-hydrogen) atoms. The van der Waals surface area contributed by atoms with E-state index in [9.17, 15) is 0 Å². The molecule has 80 valence electrons. The molecule has 0 nitrogen and oxygen atoms in total. The first-order chi connectivity index (χ1) is 6.41. The maximum atomic E-state index is 6.31. The van der Waals surface area contributed by atoms with Gasteiger partial charge < -0.3 is 0 Å². The lowest BCUT2D eigenvalue weighted by molar-refractivity contribution is 0.374. The standard InChI is InChI=1S/C11H16BrClS/c1-11(2,3)10(13)5-4-8-6-14-7-9(8)12/h6-7,10H,4-5H2,1-3H3. The molecular weight excluding hydrogens is 280 g/mol. The first-order valence-electron chi connectivity index (χ1n) is 4.76. The van der Waals surface area contributed by atoms with Gasteiger partial charge in [-0.2, -0.15) is 11.3 Å². The topological polar surface area (TPSA) is 0 Å². The van der Waals surface area contributed by atoms with Crippen molar-refractivity contribution in [2.45, 2.75) is 39.0 Å². The zero-order valence-electron chi connectivity index (χ0n) is 8.81. The Morgan fingerprint density at radius 1 is 1.43 bits per heavy atom. The van der Waals surface area contributed by atoms with Gasteiger partial charge >= 0.3 is 0 Å². The summed E-state index contributed by atoms with van der Waals surface area (Å²) < 4.78 is 1.22. The van der Waals surface area contributed by atoms with Crippen molar-refractivity contribution in [3.05, 3.63) is 20.8 Å². The third-order valence-corrected chi connectivity index (χ3v) is 5.00. The van der Waals surface area contributed by atoms with Gasteiger partial charge in [0.1, 0.15) is 0 Å². The van der Waals surface area contributed by atoms with Crippen LogP contribution in [0.4, 0.5) is 0 Å². The summed E-state index contributed by atoms with van der Waals surface area (Å²) in [7, 11) is 0. The summed E-state index contributed by atoms with van der Waals surface area (Å²) in [6.45, 7) is 6.56. The van der Waals surface area contributed by atoms with Gasteiger partial charge in [-0.05, 0) is 45.1 Å². The van der Waals surface area contributed by atoms with Gasteiger partial charge in [-0.15, -0.1) is 11.6 Å². The molecule has 0 aliphatic carbocycles. The van der Waals surface area contributed by atoms with Gasteiger partial charge in [-0.1, -0.05) is 20.8 Å². The lowest BCUT2D eigenvalue weighted by Gasteiger charge is -2.24. The molecule has 0 spiro atoms. The van der Waals surface area contributed by atoms with Crippen molar-refractivity contribution in [1.82, 2.24) is 0 Å². The second-order valence-electron chi connectivity index (χ2n) is 4.62.